The van der Waals surface area contributed by atoms with Crippen LogP contribution >= 0.6 is 7.75 Å². The first-order valence-electron chi connectivity index (χ1n) is 11.4. The number of amides is 2. The van der Waals surface area contributed by atoms with Crippen LogP contribution in [0.3, 0.4) is 0 Å². The minimum Gasteiger partial charge on any atom is -0.462 e. The third-order valence-corrected chi connectivity index (χ3v) is 7.22. The van der Waals surface area contributed by atoms with Crippen molar-refractivity contribution in [1.82, 2.24) is 10.4 Å². The quantitative estimate of drug-likeness (QED) is 0.193. The lowest BCUT2D eigenvalue weighted by molar-refractivity contribution is -0.149. The van der Waals surface area contributed by atoms with Gasteiger partial charge in [-0.05, 0) is 39.8 Å². The second kappa shape index (κ2) is 11.2. The van der Waals surface area contributed by atoms with Crippen molar-refractivity contribution in [3.8, 4) is 5.75 Å². The number of hydrogen-bond donors (Lipinski definition) is 4. The van der Waals surface area contributed by atoms with Gasteiger partial charge in [0.2, 0.25) is 11.8 Å². The molecule has 0 aliphatic carbocycles. The Hall–Kier alpha value is -2.60. The van der Waals surface area contributed by atoms with Gasteiger partial charge in [0.05, 0.1) is 18.6 Å². The summed E-state index contributed by atoms with van der Waals surface area (Å²) in [6, 6.07) is 7.00. The van der Waals surface area contributed by atoms with Crippen LogP contribution < -0.4 is 14.9 Å². The van der Waals surface area contributed by atoms with Crippen molar-refractivity contribution in [3.05, 3.63) is 42.5 Å². The summed E-state index contributed by atoms with van der Waals surface area (Å²) in [6.45, 7) is 5.61. The van der Waals surface area contributed by atoms with Crippen LogP contribution in [0, 0.1) is 5.92 Å². The number of rotatable bonds is 10. The highest BCUT2D eigenvalue weighted by atomic mass is 31.2. The van der Waals surface area contributed by atoms with Gasteiger partial charge in [0.25, 0.3) is 0 Å². The number of imide groups is 1. The first-order chi connectivity index (χ1) is 16.8. The molecule has 1 fully saturated rings. The number of nitrogens with one attached hydrogen (secondary N) is 2. The van der Waals surface area contributed by atoms with Gasteiger partial charge < -0.3 is 24.2 Å². The fraction of sp³-hybridized carbons (Fsp3) is 0.522. The third kappa shape index (κ3) is 6.58. The highest BCUT2D eigenvalue weighted by Gasteiger charge is 2.55. The van der Waals surface area contributed by atoms with Gasteiger partial charge in [-0.15, -0.1) is 0 Å². The van der Waals surface area contributed by atoms with Crippen molar-refractivity contribution in [2.75, 3.05) is 6.61 Å². The molecule has 0 bridgehead atoms. The maximum atomic E-state index is 13.7. The molecule has 0 spiro atoms. The molecule has 0 radical (unpaired) electrons. The minimum absolute atomic E-state index is 0.183. The third-order valence-electron chi connectivity index (χ3n) is 5.60. The minimum atomic E-state index is -4.27. The van der Waals surface area contributed by atoms with E-state index in [0.29, 0.717) is 0 Å². The lowest BCUT2D eigenvalue weighted by atomic mass is 9.91. The Morgan fingerprint density at radius 3 is 2.50 bits per heavy atom. The number of benzene rings is 1. The molecular weight excluding hydrogens is 495 g/mol. The van der Waals surface area contributed by atoms with E-state index in [-0.39, 0.29) is 5.75 Å². The van der Waals surface area contributed by atoms with Crippen LogP contribution in [0.4, 0.5) is 0 Å². The molecule has 198 valence electrons. The van der Waals surface area contributed by atoms with Crippen molar-refractivity contribution in [2.45, 2.75) is 63.8 Å². The highest BCUT2D eigenvalue weighted by Crippen LogP contribution is 2.47. The van der Waals surface area contributed by atoms with Gasteiger partial charge in [-0.25, -0.2) is 4.57 Å². The van der Waals surface area contributed by atoms with E-state index < -0.39 is 74.1 Å². The van der Waals surface area contributed by atoms with E-state index in [2.05, 4.69) is 10.4 Å². The number of carbonyl (C=O) groups is 3. The number of esters is 1. The van der Waals surface area contributed by atoms with Crippen molar-refractivity contribution in [2.24, 2.45) is 5.92 Å². The maximum Gasteiger partial charge on any atom is 0.459 e. The van der Waals surface area contributed by atoms with Crippen LogP contribution in [0.1, 0.15) is 27.7 Å². The number of aliphatic hydroxyl groups excluding tert-OH is 2. The summed E-state index contributed by atoms with van der Waals surface area (Å²) in [5, 5.41) is 25.9. The van der Waals surface area contributed by atoms with E-state index >= 15 is 0 Å². The van der Waals surface area contributed by atoms with E-state index in [1.54, 1.807) is 32.0 Å². The second-order valence-corrected chi connectivity index (χ2v) is 10.8. The van der Waals surface area contributed by atoms with Crippen molar-refractivity contribution < 1.29 is 47.7 Å². The van der Waals surface area contributed by atoms with Crippen molar-refractivity contribution in [1.29, 1.82) is 0 Å². The van der Waals surface area contributed by atoms with E-state index in [1.807, 2.05) is 0 Å². The van der Waals surface area contributed by atoms with Gasteiger partial charge in [-0.2, -0.15) is 5.09 Å². The summed E-state index contributed by atoms with van der Waals surface area (Å²) < 4.78 is 35.8. The molecule has 7 atom stereocenters. The molecule has 1 aromatic carbocycles. The Morgan fingerprint density at radius 2 is 1.89 bits per heavy atom. The normalized spacial score (nSPS) is 30.5. The Kier molecular flexibility index (Phi) is 8.71. The largest absolute Gasteiger partial charge is 0.462 e. The zero-order valence-corrected chi connectivity index (χ0v) is 21.2. The predicted octanol–water partition coefficient (Wildman–Crippen LogP) is 0.828. The Bertz CT molecular complexity index is 1050. The molecule has 1 aromatic rings. The summed E-state index contributed by atoms with van der Waals surface area (Å²) in [6.07, 6.45) is -2.27. The van der Waals surface area contributed by atoms with E-state index in [4.69, 9.17) is 18.5 Å². The monoisotopic (exact) mass is 526 g/mol. The Labute approximate surface area is 208 Å². The van der Waals surface area contributed by atoms with E-state index in [0.717, 1.165) is 6.08 Å². The van der Waals surface area contributed by atoms with E-state index in [1.165, 1.54) is 32.1 Å². The average molecular weight is 526 g/mol. The molecule has 2 aliphatic rings. The van der Waals surface area contributed by atoms with Crippen LogP contribution in [0.15, 0.2) is 42.5 Å². The standard InChI is InChI=1S/C23H31N2O10P/c1-13(2)33-22(30)14(3)25-36(31,35-15-8-6-5-7-9-15)32-12-23(4)20(28)18(27)19(34-23)16-10-11-17(26)24-21(16)29/h5-11,13-14,16,18-20,27-28H,12H2,1-4H3,(H,25,31)(H,24,26,29)/t14-,16?,18-,19-,20-,23+,36+/m0/s1. The Morgan fingerprint density at radius 1 is 1.22 bits per heavy atom. The van der Waals surface area contributed by atoms with Crippen molar-refractivity contribution in [3.63, 3.8) is 0 Å². The first-order valence-corrected chi connectivity index (χ1v) is 12.9. The average Bonchev–Trinajstić information content (AvgIpc) is 3.02. The summed E-state index contributed by atoms with van der Waals surface area (Å²) in [5.74, 6) is -2.85. The first kappa shape index (κ1) is 28.0. The van der Waals surface area contributed by atoms with Gasteiger partial charge in [-0.1, -0.05) is 24.3 Å². The molecule has 4 N–H and O–H groups in total. The summed E-state index contributed by atoms with van der Waals surface area (Å²) in [4.78, 5) is 35.9. The molecule has 0 saturated carbocycles. The molecule has 1 saturated heterocycles. The molecule has 36 heavy (non-hydrogen) atoms. The van der Waals surface area contributed by atoms with Crippen LogP contribution in [0.25, 0.3) is 0 Å². The summed E-state index contributed by atoms with van der Waals surface area (Å²) >= 11 is 0. The zero-order valence-electron chi connectivity index (χ0n) is 20.3. The molecular formula is C23H31N2O10P. The molecule has 12 nitrogen and oxygen atoms in total. The SMILES string of the molecule is CC(C)OC(=O)[C@H](C)N[P@@](=O)(OC[C@@]1(C)O[C@@H](C2C=CC(=O)NC2=O)[C@H](O)[C@@H]1O)Oc1ccccc1. The summed E-state index contributed by atoms with van der Waals surface area (Å²) in [5.41, 5.74) is -1.63. The van der Waals surface area contributed by atoms with Crippen LogP contribution in [0.5, 0.6) is 5.75 Å². The van der Waals surface area contributed by atoms with Gasteiger partial charge in [0.15, 0.2) is 0 Å². The van der Waals surface area contributed by atoms with Gasteiger partial charge in [0.1, 0.15) is 35.7 Å². The van der Waals surface area contributed by atoms with Crippen molar-refractivity contribution >= 4 is 25.5 Å². The van der Waals surface area contributed by atoms with Crippen LogP contribution in [-0.4, -0.2) is 70.7 Å². The molecule has 2 amide bonds. The number of para-hydroxylation sites is 1. The zero-order chi connectivity index (χ0) is 26.7. The predicted molar refractivity (Wildman–Crippen MR) is 126 cm³/mol. The lowest BCUT2D eigenvalue weighted by Crippen LogP contribution is -2.46. The molecule has 2 heterocycles. The van der Waals surface area contributed by atoms with Crippen LogP contribution in [-0.2, 0) is 32.9 Å². The second-order valence-electron chi connectivity index (χ2n) is 9.08. The lowest BCUT2D eigenvalue weighted by Gasteiger charge is -2.31. The number of carbonyl (C=O) groups excluding carboxylic acids is 3. The number of ether oxygens (including phenoxy) is 2. The smallest absolute Gasteiger partial charge is 0.459 e. The van der Waals surface area contributed by atoms with Gasteiger partial charge in [-0.3, -0.25) is 24.2 Å². The number of aliphatic hydroxyl groups is 2. The van der Waals surface area contributed by atoms with Crippen LogP contribution in [0.2, 0.25) is 0 Å². The topological polar surface area (TPSA) is 170 Å². The fourth-order valence-electron chi connectivity index (χ4n) is 3.73. The summed E-state index contributed by atoms with van der Waals surface area (Å²) in [7, 11) is -4.27. The molecule has 2 aliphatic heterocycles. The fourth-order valence-corrected chi connectivity index (χ4v) is 5.31. The maximum absolute atomic E-state index is 13.7. The highest BCUT2D eigenvalue weighted by molar-refractivity contribution is 7.52. The number of hydrogen-bond acceptors (Lipinski definition) is 10. The molecule has 0 aromatic heterocycles. The molecule has 13 heteroatoms. The van der Waals surface area contributed by atoms with Gasteiger partial charge in [0, 0.05) is 6.08 Å². The molecule has 1 unspecified atom stereocenters. The van der Waals surface area contributed by atoms with Gasteiger partial charge >= 0.3 is 13.7 Å². The molecule has 3 rings (SSSR count). The Balaban J connectivity index is 1.78. The van der Waals surface area contributed by atoms with E-state index in [9.17, 15) is 29.2 Å².